The molecule has 0 fully saturated rings. The quantitative estimate of drug-likeness (QED) is 0.887. The Balaban J connectivity index is 1.71. The van der Waals surface area contributed by atoms with Crippen molar-refractivity contribution in [2.45, 2.75) is 24.7 Å². The summed E-state index contributed by atoms with van der Waals surface area (Å²) in [6.45, 7) is 2.17. The number of benzene rings is 2. The highest BCUT2D eigenvalue weighted by atomic mass is 32.2. The van der Waals surface area contributed by atoms with Gasteiger partial charge in [-0.15, -0.1) is 0 Å². The van der Waals surface area contributed by atoms with Crippen molar-refractivity contribution in [3.05, 3.63) is 59.4 Å². The van der Waals surface area contributed by atoms with Gasteiger partial charge >= 0.3 is 0 Å². The van der Waals surface area contributed by atoms with Crippen LogP contribution in [-0.2, 0) is 27.7 Å². The summed E-state index contributed by atoms with van der Waals surface area (Å²) in [5, 5.41) is 0. The third-order valence-corrected chi connectivity index (χ3v) is 5.74. The lowest BCUT2D eigenvalue weighted by Gasteiger charge is -2.15. The van der Waals surface area contributed by atoms with Gasteiger partial charge in [0.1, 0.15) is 5.82 Å². The van der Waals surface area contributed by atoms with E-state index >= 15 is 0 Å². The highest BCUT2D eigenvalue weighted by Crippen LogP contribution is 2.30. The van der Waals surface area contributed by atoms with E-state index in [1.807, 2.05) is 0 Å². The fourth-order valence-electron chi connectivity index (χ4n) is 2.98. The maximum atomic E-state index is 13.6. The van der Waals surface area contributed by atoms with Crippen LogP contribution in [0.2, 0.25) is 0 Å². The number of rotatable bonds is 5. The van der Waals surface area contributed by atoms with E-state index in [2.05, 4.69) is 4.72 Å². The monoisotopic (exact) mass is 362 g/mol. The lowest BCUT2D eigenvalue weighted by Crippen LogP contribution is -2.27. The standard InChI is InChI=1S/C18H19FN2O3S/c1-13(22)21-11-9-15-12-16(6-7-18(15)21)25(23,24)20-10-8-14-4-2-3-5-17(14)19/h2-7,12,20H,8-11H2,1H3. The predicted octanol–water partition coefficient (Wildman–Crippen LogP) is 2.26. The molecule has 7 heteroatoms. The van der Waals surface area contributed by atoms with Crippen LogP contribution in [-0.4, -0.2) is 27.4 Å². The van der Waals surface area contributed by atoms with Crippen molar-refractivity contribution in [3.8, 4) is 0 Å². The molecule has 2 aromatic rings. The van der Waals surface area contributed by atoms with E-state index in [9.17, 15) is 17.6 Å². The van der Waals surface area contributed by atoms with Gasteiger partial charge in [0.2, 0.25) is 15.9 Å². The molecule has 1 heterocycles. The Kier molecular flexibility index (Phi) is 4.87. The first-order valence-corrected chi connectivity index (χ1v) is 9.51. The first kappa shape index (κ1) is 17.6. The number of sulfonamides is 1. The molecule has 1 N–H and O–H groups in total. The molecular weight excluding hydrogens is 343 g/mol. The highest BCUT2D eigenvalue weighted by Gasteiger charge is 2.24. The molecule has 25 heavy (non-hydrogen) atoms. The van der Waals surface area contributed by atoms with Crippen LogP contribution in [0.15, 0.2) is 47.4 Å². The molecule has 5 nitrogen and oxygen atoms in total. The Bertz CT molecular complexity index is 912. The van der Waals surface area contributed by atoms with Crippen LogP contribution in [0.5, 0.6) is 0 Å². The van der Waals surface area contributed by atoms with E-state index in [4.69, 9.17) is 0 Å². The Morgan fingerprint density at radius 1 is 1.24 bits per heavy atom. The van der Waals surface area contributed by atoms with Gasteiger partial charge in [-0.3, -0.25) is 4.79 Å². The maximum Gasteiger partial charge on any atom is 0.240 e. The summed E-state index contributed by atoms with van der Waals surface area (Å²) in [5.74, 6) is -0.402. The second-order valence-electron chi connectivity index (χ2n) is 5.95. The van der Waals surface area contributed by atoms with E-state index < -0.39 is 10.0 Å². The summed E-state index contributed by atoms with van der Waals surface area (Å²) in [4.78, 5) is 13.4. The SMILES string of the molecule is CC(=O)N1CCc2cc(S(=O)(=O)NCCc3ccccc3F)ccc21. The number of hydrogen-bond acceptors (Lipinski definition) is 3. The molecule has 2 aromatic carbocycles. The number of halogens is 1. The molecular formula is C18H19FN2O3S. The number of amides is 1. The van der Waals surface area contributed by atoms with Crippen molar-refractivity contribution in [2.75, 3.05) is 18.0 Å². The third-order valence-electron chi connectivity index (χ3n) is 4.28. The first-order valence-electron chi connectivity index (χ1n) is 8.02. The van der Waals surface area contributed by atoms with Gasteiger partial charge < -0.3 is 4.90 Å². The van der Waals surface area contributed by atoms with Crippen LogP contribution in [0.3, 0.4) is 0 Å². The van der Waals surface area contributed by atoms with E-state index in [-0.39, 0.29) is 29.6 Å². The molecule has 0 radical (unpaired) electrons. The van der Waals surface area contributed by atoms with Crippen molar-refractivity contribution in [2.24, 2.45) is 0 Å². The average Bonchev–Trinajstić information content (AvgIpc) is 3.00. The van der Waals surface area contributed by atoms with E-state index in [1.54, 1.807) is 35.2 Å². The lowest BCUT2D eigenvalue weighted by molar-refractivity contribution is -0.116. The van der Waals surface area contributed by atoms with Gasteiger partial charge in [0.05, 0.1) is 4.90 Å². The molecule has 1 aliphatic heterocycles. The smallest absolute Gasteiger partial charge is 0.240 e. The molecule has 0 saturated carbocycles. The van der Waals surface area contributed by atoms with Crippen molar-refractivity contribution in [1.29, 1.82) is 0 Å². The average molecular weight is 362 g/mol. The molecule has 132 valence electrons. The summed E-state index contributed by atoms with van der Waals surface area (Å²) < 4.78 is 41.0. The molecule has 0 aliphatic carbocycles. The van der Waals surface area contributed by atoms with E-state index in [0.29, 0.717) is 18.5 Å². The lowest BCUT2D eigenvalue weighted by atomic mass is 10.1. The largest absolute Gasteiger partial charge is 0.312 e. The molecule has 0 atom stereocenters. The molecule has 3 rings (SSSR count). The Hall–Kier alpha value is -2.25. The maximum absolute atomic E-state index is 13.6. The first-order chi connectivity index (χ1) is 11.9. The van der Waals surface area contributed by atoms with Crippen LogP contribution in [0, 0.1) is 5.82 Å². The molecule has 1 aliphatic rings. The fourth-order valence-corrected chi connectivity index (χ4v) is 4.06. The summed E-state index contributed by atoms with van der Waals surface area (Å²) >= 11 is 0. The van der Waals surface area contributed by atoms with Crippen LogP contribution in [0.25, 0.3) is 0 Å². The normalized spacial score (nSPS) is 13.8. The minimum absolute atomic E-state index is 0.0580. The van der Waals surface area contributed by atoms with Crippen LogP contribution >= 0.6 is 0 Å². The van der Waals surface area contributed by atoms with Crippen molar-refractivity contribution >= 4 is 21.6 Å². The molecule has 0 saturated heterocycles. The van der Waals surface area contributed by atoms with E-state index in [1.165, 1.54) is 19.1 Å². The summed E-state index contributed by atoms with van der Waals surface area (Å²) in [7, 11) is -3.68. The topological polar surface area (TPSA) is 66.5 Å². The number of fused-ring (bicyclic) bond motifs is 1. The highest BCUT2D eigenvalue weighted by molar-refractivity contribution is 7.89. The predicted molar refractivity (Wildman–Crippen MR) is 93.5 cm³/mol. The van der Waals surface area contributed by atoms with Gasteiger partial charge in [-0.1, -0.05) is 18.2 Å². The number of hydrogen-bond donors (Lipinski definition) is 1. The zero-order chi connectivity index (χ0) is 18.0. The molecule has 1 amide bonds. The number of nitrogens with one attached hydrogen (secondary N) is 1. The van der Waals surface area contributed by atoms with Crippen LogP contribution in [0.4, 0.5) is 10.1 Å². The minimum atomic E-state index is -3.68. The summed E-state index contributed by atoms with van der Waals surface area (Å²) in [5.41, 5.74) is 2.07. The second kappa shape index (κ2) is 6.93. The second-order valence-corrected chi connectivity index (χ2v) is 7.72. The van der Waals surface area contributed by atoms with Gasteiger partial charge in [0.25, 0.3) is 0 Å². The fraction of sp³-hybridized carbons (Fsp3) is 0.278. The number of nitrogens with zero attached hydrogens (tertiary/aromatic N) is 1. The van der Waals surface area contributed by atoms with Gasteiger partial charge in [0.15, 0.2) is 0 Å². The zero-order valence-electron chi connectivity index (χ0n) is 13.8. The third kappa shape index (κ3) is 3.72. The van der Waals surface area contributed by atoms with Gasteiger partial charge in [-0.25, -0.2) is 17.5 Å². The zero-order valence-corrected chi connectivity index (χ0v) is 14.6. The minimum Gasteiger partial charge on any atom is -0.312 e. The molecule has 0 bridgehead atoms. The number of anilines is 1. The van der Waals surface area contributed by atoms with Gasteiger partial charge in [0, 0.05) is 25.7 Å². The molecule has 0 aromatic heterocycles. The van der Waals surface area contributed by atoms with Crippen molar-refractivity contribution in [1.82, 2.24) is 4.72 Å². The van der Waals surface area contributed by atoms with Gasteiger partial charge in [-0.2, -0.15) is 0 Å². The van der Waals surface area contributed by atoms with Crippen LogP contribution < -0.4 is 9.62 Å². The summed E-state index contributed by atoms with van der Waals surface area (Å²) in [6, 6.07) is 11.1. The Morgan fingerprint density at radius 3 is 2.72 bits per heavy atom. The Morgan fingerprint density at radius 2 is 2.00 bits per heavy atom. The molecule has 0 unspecified atom stereocenters. The Labute approximate surface area is 146 Å². The van der Waals surface area contributed by atoms with E-state index in [0.717, 1.165) is 11.3 Å². The van der Waals surface area contributed by atoms with Crippen LogP contribution in [0.1, 0.15) is 18.1 Å². The summed E-state index contributed by atoms with van der Waals surface area (Å²) in [6.07, 6.45) is 0.905. The number of carbonyl (C=O) groups is 1. The van der Waals surface area contributed by atoms with Crippen molar-refractivity contribution < 1.29 is 17.6 Å². The number of carbonyl (C=O) groups excluding carboxylic acids is 1. The van der Waals surface area contributed by atoms with Gasteiger partial charge in [-0.05, 0) is 48.2 Å². The van der Waals surface area contributed by atoms with Crippen molar-refractivity contribution in [3.63, 3.8) is 0 Å². The molecule has 0 spiro atoms.